The molecular weight excluding hydrogens is 567 g/mol. The zero-order chi connectivity index (χ0) is 23.4. The van der Waals surface area contributed by atoms with Gasteiger partial charge in [-0.15, -0.1) is 0 Å². The lowest BCUT2D eigenvalue weighted by Crippen LogP contribution is -2.43. The van der Waals surface area contributed by atoms with E-state index in [1.165, 1.54) is 18.2 Å². The van der Waals surface area contributed by atoms with Gasteiger partial charge in [-0.1, -0.05) is 40.8 Å². The Labute approximate surface area is 186 Å². The fraction of sp³-hybridized carbons (Fsp3) is 0.389. The molecule has 0 aliphatic carbocycles. The lowest BCUT2D eigenvalue weighted by molar-refractivity contribution is -0.150. The lowest BCUT2D eigenvalue weighted by atomic mass is 9.84. The van der Waals surface area contributed by atoms with E-state index in [0.29, 0.717) is 0 Å². The van der Waals surface area contributed by atoms with Gasteiger partial charge in [-0.3, -0.25) is 0 Å². The molecule has 31 heavy (non-hydrogen) atoms. The summed E-state index contributed by atoms with van der Waals surface area (Å²) in [6, 6.07) is 5.54. The van der Waals surface area contributed by atoms with Crippen LogP contribution >= 0.6 is 22.6 Å². The van der Waals surface area contributed by atoms with Gasteiger partial charge in [-0.25, -0.2) is 13.4 Å². The van der Waals surface area contributed by atoms with Gasteiger partial charge in [0.25, 0.3) is 0 Å². The van der Waals surface area contributed by atoms with E-state index in [1.807, 2.05) is 22.6 Å². The summed E-state index contributed by atoms with van der Waals surface area (Å²) in [5, 5.41) is 19.9. The Hall–Kier alpha value is -1.45. The average molecular weight is 581 g/mol. The molecule has 2 aromatic rings. The van der Waals surface area contributed by atoms with Crippen LogP contribution in [0.15, 0.2) is 41.3 Å². The van der Waals surface area contributed by atoms with Gasteiger partial charge in [0, 0.05) is 9.99 Å². The quantitative estimate of drug-likeness (QED) is 0.324. The number of pyridine rings is 1. The molecule has 0 saturated heterocycles. The van der Waals surface area contributed by atoms with Crippen LogP contribution in [0.5, 0.6) is 0 Å². The van der Waals surface area contributed by atoms with E-state index < -0.39 is 56.1 Å². The summed E-state index contributed by atoms with van der Waals surface area (Å²) < 4.78 is 105. The maximum absolute atomic E-state index is 13.1. The standard InChI is InChI=1S/C18H14F6INO4S/c19-17(20,21)12-7-9(8-13(26-12)18(22,23)24)14(27)15-16(28,5-6-25)10-3-1-2-4-11(10)31(15,29)30/h1-4,7-8,14-15,27-28H,5-6H2. The smallest absolute Gasteiger partial charge is 0.387 e. The van der Waals surface area contributed by atoms with Crippen LogP contribution < -0.4 is 0 Å². The van der Waals surface area contributed by atoms with E-state index in [4.69, 9.17) is 0 Å². The molecule has 2 heterocycles. The molecular formula is C18H14F6INO4S. The summed E-state index contributed by atoms with van der Waals surface area (Å²) in [4.78, 5) is 2.22. The van der Waals surface area contributed by atoms with Crippen molar-refractivity contribution >= 4 is 32.4 Å². The number of halogens is 7. The van der Waals surface area contributed by atoms with Crippen LogP contribution in [0.2, 0.25) is 0 Å². The van der Waals surface area contributed by atoms with Gasteiger partial charge in [-0.05, 0) is 30.2 Å². The Kier molecular flexibility index (Phi) is 6.13. The van der Waals surface area contributed by atoms with Crippen molar-refractivity contribution in [2.75, 3.05) is 4.43 Å². The van der Waals surface area contributed by atoms with Crippen LogP contribution in [0.1, 0.15) is 35.0 Å². The predicted octanol–water partition coefficient (Wildman–Crippen LogP) is 4.02. The topological polar surface area (TPSA) is 87.5 Å². The molecule has 0 amide bonds. The highest BCUT2D eigenvalue weighted by molar-refractivity contribution is 14.1. The molecule has 13 heteroatoms. The van der Waals surface area contributed by atoms with E-state index in [-0.39, 0.29) is 33.4 Å². The number of fused-ring (bicyclic) bond motifs is 1. The highest BCUT2D eigenvalue weighted by Gasteiger charge is 2.58. The molecule has 3 rings (SSSR count). The van der Waals surface area contributed by atoms with Gasteiger partial charge in [-0.2, -0.15) is 26.3 Å². The third-order valence-corrected chi connectivity index (χ3v) is 7.82. The van der Waals surface area contributed by atoms with Crippen molar-refractivity contribution in [3.05, 3.63) is 58.9 Å². The van der Waals surface area contributed by atoms with Crippen molar-refractivity contribution in [1.29, 1.82) is 0 Å². The molecule has 5 nitrogen and oxygen atoms in total. The normalized spacial score (nSPS) is 24.1. The summed E-state index contributed by atoms with van der Waals surface area (Å²) in [6.07, 6.45) is -13.2. The fourth-order valence-electron chi connectivity index (χ4n) is 3.66. The van der Waals surface area contributed by atoms with Gasteiger partial charge in [0.2, 0.25) is 0 Å². The van der Waals surface area contributed by atoms with Crippen molar-refractivity contribution in [1.82, 2.24) is 4.98 Å². The van der Waals surface area contributed by atoms with E-state index in [9.17, 15) is 45.0 Å². The molecule has 1 aliphatic heterocycles. The minimum atomic E-state index is -5.29. The van der Waals surface area contributed by atoms with E-state index in [2.05, 4.69) is 4.98 Å². The lowest BCUT2D eigenvalue weighted by Gasteiger charge is -2.32. The Morgan fingerprint density at radius 3 is 2.06 bits per heavy atom. The second-order valence-corrected chi connectivity index (χ2v) is 10.1. The van der Waals surface area contributed by atoms with E-state index >= 15 is 0 Å². The second-order valence-electron chi connectivity index (χ2n) is 6.94. The number of aromatic nitrogens is 1. The first-order valence-electron chi connectivity index (χ1n) is 8.60. The first-order chi connectivity index (χ1) is 14.1. The maximum atomic E-state index is 13.1. The van der Waals surface area contributed by atoms with Crippen LogP contribution in [0, 0.1) is 0 Å². The number of alkyl halides is 7. The number of hydrogen-bond donors (Lipinski definition) is 2. The van der Waals surface area contributed by atoms with Crippen LogP contribution in [0.3, 0.4) is 0 Å². The number of aliphatic hydroxyl groups is 2. The van der Waals surface area contributed by atoms with Crippen LogP contribution in [-0.2, 0) is 27.8 Å². The molecule has 170 valence electrons. The first kappa shape index (κ1) is 24.2. The second kappa shape index (κ2) is 7.85. The number of sulfone groups is 1. The molecule has 1 aromatic carbocycles. The third-order valence-electron chi connectivity index (χ3n) is 5.00. The molecule has 0 saturated carbocycles. The Morgan fingerprint density at radius 1 is 1.06 bits per heavy atom. The van der Waals surface area contributed by atoms with Gasteiger partial charge >= 0.3 is 12.4 Å². The summed E-state index contributed by atoms with van der Waals surface area (Å²) >= 11 is 1.83. The molecule has 3 atom stereocenters. The van der Waals surface area contributed by atoms with E-state index in [1.54, 1.807) is 0 Å². The van der Waals surface area contributed by atoms with Crippen molar-refractivity contribution in [2.24, 2.45) is 0 Å². The highest BCUT2D eigenvalue weighted by atomic mass is 127. The highest BCUT2D eigenvalue weighted by Crippen LogP contribution is 2.50. The Morgan fingerprint density at radius 2 is 1.58 bits per heavy atom. The summed E-state index contributed by atoms with van der Waals surface area (Å²) in [5.74, 6) is 0. The van der Waals surface area contributed by atoms with Crippen LogP contribution in [0.4, 0.5) is 26.3 Å². The number of benzene rings is 1. The number of nitrogens with zero attached hydrogens (tertiary/aromatic N) is 1. The molecule has 3 unspecified atom stereocenters. The van der Waals surface area contributed by atoms with Crippen molar-refractivity contribution in [2.45, 2.75) is 40.6 Å². The zero-order valence-electron chi connectivity index (χ0n) is 15.2. The summed E-state index contributed by atoms with van der Waals surface area (Å²) in [5.41, 5.74) is -7.15. The summed E-state index contributed by atoms with van der Waals surface area (Å²) in [7, 11) is -4.51. The first-order valence-corrected chi connectivity index (χ1v) is 11.7. The SMILES string of the molecule is O=S1(=O)c2ccccc2C(O)(CCI)C1C(O)c1cc(C(F)(F)F)nc(C(F)(F)F)c1. The maximum Gasteiger partial charge on any atom is 0.433 e. The number of rotatable bonds is 4. The van der Waals surface area contributed by atoms with Gasteiger partial charge < -0.3 is 10.2 Å². The average Bonchev–Trinajstić information content (AvgIpc) is 2.83. The molecule has 1 aliphatic rings. The molecule has 0 fully saturated rings. The van der Waals surface area contributed by atoms with Gasteiger partial charge in [0.15, 0.2) is 9.84 Å². The van der Waals surface area contributed by atoms with E-state index in [0.717, 1.165) is 6.07 Å². The minimum absolute atomic E-state index is 0.0724. The summed E-state index contributed by atoms with van der Waals surface area (Å²) in [6.45, 7) is 0. The molecule has 0 spiro atoms. The van der Waals surface area contributed by atoms with Crippen molar-refractivity contribution in [3.8, 4) is 0 Å². The van der Waals surface area contributed by atoms with Crippen molar-refractivity contribution < 1.29 is 45.0 Å². The zero-order valence-corrected chi connectivity index (χ0v) is 18.2. The number of aliphatic hydroxyl groups excluding tert-OH is 1. The van der Waals surface area contributed by atoms with Gasteiger partial charge in [0.1, 0.15) is 22.2 Å². The Balaban J connectivity index is 2.23. The fourth-order valence-corrected chi connectivity index (χ4v) is 6.83. The third kappa shape index (κ3) is 4.16. The molecule has 0 bridgehead atoms. The molecule has 1 aromatic heterocycles. The van der Waals surface area contributed by atoms with Crippen LogP contribution in [0.25, 0.3) is 0 Å². The molecule has 0 radical (unpaired) electrons. The van der Waals surface area contributed by atoms with Crippen LogP contribution in [-0.4, -0.2) is 33.3 Å². The monoisotopic (exact) mass is 581 g/mol. The minimum Gasteiger partial charge on any atom is -0.387 e. The Bertz CT molecular complexity index is 1070. The largest absolute Gasteiger partial charge is 0.433 e. The predicted molar refractivity (Wildman–Crippen MR) is 104 cm³/mol. The van der Waals surface area contributed by atoms with Gasteiger partial charge in [0.05, 0.1) is 11.0 Å². The number of hydrogen-bond acceptors (Lipinski definition) is 5. The molecule has 2 N–H and O–H groups in total. The van der Waals surface area contributed by atoms with Crippen molar-refractivity contribution in [3.63, 3.8) is 0 Å².